The van der Waals surface area contributed by atoms with Crippen LogP contribution in [0.1, 0.15) is 25.8 Å². The maximum Gasteiger partial charge on any atom is 0.252 e. The summed E-state index contributed by atoms with van der Waals surface area (Å²) in [5, 5.41) is 4.45. The number of ether oxygens (including phenoxy) is 1. The van der Waals surface area contributed by atoms with Gasteiger partial charge in [0.2, 0.25) is 0 Å². The number of nitrogens with one attached hydrogen (secondary N) is 2. The first kappa shape index (κ1) is 17.2. The molecular weight excluding hydrogens is 316 g/mol. The molecule has 0 aliphatic heterocycles. The third-order valence-corrected chi connectivity index (χ3v) is 4.27. The number of nitrogens with zero attached hydrogens (tertiary/aromatic N) is 2. The minimum atomic E-state index is -0.0540. The van der Waals surface area contributed by atoms with Crippen molar-refractivity contribution in [2.75, 3.05) is 6.61 Å². The lowest BCUT2D eigenvalue weighted by atomic mass is 10.1. The predicted molar refractivity (Wildman–Crippen MR) is 98.9 cm³/mol. The Bertz CT molecular complexity index is 871. The van der Waals surface area contributed by atoms with Crippen LogP contribution in [0.3, 0.4) is 0 Å². The Morgan fingerprint density at radius 1 is 1.32 bits per heavy atom. The first-order chi connectivity index (χ1) is 12.2. The van der Waals surface area contributed by atoms with Crippen molar-refractivity contribution in [3.63, 3.8) is 0 Å². The van der Waals surface area contributed by atoms with E-state index < -0.39 is 0 Å². The molecule has 0 aliphatic carbocycles. The first-order valence-electron chi connectivity index (χ1n) is 8.67. The molecule has 0 bridgehead atoms. The minimum Gasteiger partial charge on any atom is -0.494 e. The molecule has 0 aliphatic rings. The Morgan fingerprint density at radius 2 is 2.20 bits per heavy atom. The van der Waals surface area contributed by atoms with Crippen molar-refractivity contribution in [1.82, 2.24) is 19.9 Å². The fourth-order valence-corrected chi connectivity index (χ4v) is 2.86. The van der Waals surface area contributed by atoms with Crippen molar-refractivity contribution in [1.29, 1.82) is 0 Å². The molecule has 0 spiro atoms. The van der Waals surface area contributed by atoms with Gasteiger partial charge in [-0.05, 0) is 37.6 Å². The lowest BCUT2D eigenvalue weighted by molar-refractivity contribution is 0.340. The number of aromatic amines is 1. The van der Waals surface area contributed by atoms with E-state index in [1.807, 2.05) is 48.3 Å². The molecule has 0 radical (unpaired) electrons. The normalized spacial score (nSPS) is 12.4. The van der Waals surface area contributed by atoms with E-state index in [9.17, 15) is 4.79 Å². The summed E-state index contributed by atoms with van der Waals surface area (Å²) in [5.74, 6) is 0.813. The summed E-state index contributed by atoms with van der Waals surface area (Å²) in [4.78, 5) is 19.3. The standard InChI is InChI=1S/C19H24N4O2/c1-3-16(12-23-8-7-20-13-23)21-11-15-9-14-10-17(25-4-2)5-6-18(14)22-19(15)24/h5-10,13,16,21H,3-4,11-12H2,1-2H3,(H,22,24). The molecule has 2 heterocycles. The van der Waals surface area contributed by atoms with Crippen LogP contribution in [0, 0.1) is 0 Å². The van der Waals surface area contributed by atoms with E-state index in [1.165, 1.54) is 0 Å². The fourth-order valence-electron chi connectivity index (χ4n) is 2.86. The molecule has 25 heavy (non-hydrogen) atoms. The van der Waals surface area contributed by atoms with Gasteiger partial charge in [-0.1, -0.05) is 6.92 Å². The van der Waals surface area contributed by atoms with Crippen LogP contribution in [0.25, 0.3) is 10.9 Å². The second kappa shape index (κ2) is 7.98. The first-order valence-corrected chi connectivity index (χ1v) is 8.67. The zero-order chi connectivity index (χ0) is 17.6. The Hall–Kier alpha value is -2.60. The quantitative estimate of drug-likeness (QED) is 0.661. The van der Waals surface area contributed by atoms with Gasteiger partial charge in [-0.3, -0.25) is 4.79 Å². The highest BCUT2D eigenvalue weighted by Gasteiger charge is 2.09. The zero-order valence-corrected chi connectivity index (χ0v) is 14.7. The van der Waals surface area contributed by atoms with Gasteiger partial charge in [0, 0.05) is 48.0 Å². The van der Waals surface area contributed by atoms with Gasteiger partial charge < -0.3 is 19.6 Å². The summed E-state index contributed by atoms with van der Waals surface area (Å²) < 4.78 is 7.58. The van der Waals surface area contributed by atoms with Crippen LogP contribution in [-0.4, -0.2) is 27.2 Å². The topological polar surface area (TPSA) is 71.9 Å². The molecule has 6 heteroatoms. The van der Waals surface area contributed by atoms with Crippen molar-refractivity contribution >= 4 is 10.9 Å². The number of H-pyrrole nitrogens is 1. The molecule has 1 atom stereocenters. The highest BCUT2D eigenvalue weighted by Crippen LogP contribution is 2.19. The third-order valence-electron chi connectivity index (χ3n) is 4.27. The summed E-state index contributed by atoms with van der Waals surface area (Å²) in [5.41, 5.74) is 1.49. The average Bonchev–Trinajstić information content (AvgIpc) is 3.12. The highest BCUT2D eigenvalue weighted by molar-refractivity contribution is 5.80. The van der Waals surface area contributed by atoms with Crippen LogP contribution in [0.15, 0.2) is 47.8 Å². The number of benzene rings is 1. The fraction of sp³-hybridized carbons (Fsp3) is 0.368. The molecule has 1 aromatic carbocycles. The monoisotopic (exact) mass is 340 g/mol. The lowest BCUT2D eigenvalue weighted by Gasteiger charge is -2.17. The SMILES string of the molecule is CCOc1ccc2[nH]c(=O)c(CNC(CC)Cn3ccnc3)cc2c1. The number of imidazole rings is 1. The molecule has 3 aromatic rings. The van der Waals surface area contributed by atoms with Crippen LogP contribution in [0.2, 0.25) is 0 Å². The zero-order valence-electron chi connectivity index (χ0n) is 14.7. The van der Waals surface area contributed by atoms with Crippen LogP contribution < -0.4 is 15.6 Å². The van der Waals surface area contributed by atoms with E-state index in [2.05, 4.69) is 22.2 Å². The van der Waals surface area contributed by atoms with Crippen molar-refractivity contribution in [3.8, 4) is 5.75 Å². The van der Waals surface area contributed by atoms with Gasteiger partial charge in [-0.15, -0.1) is 0 Å². The molecule has 0 fully saturated rings. The van der Waals surface area contributed by atoms with E-state index in [4.69, 9.17) is 4.74 Å². The molecule has 2 aromatic heterocycles. The van der Waals surface area contributed by atoms with Crippen molar-refractivity contribution in [2.24, 2.45) is 0 Å². The Balaban J connectivity index is 1.75. The van der Waals surface area contributed by atoms with E-state index in [-0.39, 0.29) is 11.6 Å². The smallest absolute Gasteiger partial charge is 0.252 e. The van der Waals surface area contributed by atoms with E-state index >= 15 is 0 Å². The van der Waals surface area contributed by atoms with Gasteiger partial charge in [0.25, 0.3) is 5.56 Å². The second-order valence-electron chi connectivity index (χ2n) is 6.05. The number of hydrogen-bond donors (Lipinski definition) is 2. The maximum absolute atomic E-state index is 12.3. The van der Waals surface area contributed by atoms with Gasteiger partial charge in [-0.25, -0.2) is 4.98 Å². The van der Waals surface area contributed by atoms with Crippen molar-refractivity contribution in [3.05, 3.63) is 58.9 Å². The molecule has 1 unspecified atom stereocenters. The number of rotatable bonds is 8. The molecule has 0 saturated heterocycles. The van der Waals surface area contributed by atoms with Crippen molar-refractivity contribution in [2.45, 2.75) is 39.4 Å². The molecule has 2 N–H and O–H groups in total. The third kappa shape index (κ3) is 4.28. The largest absolute Gasteiger partial charge is 0.494 e. The van der Waals surface area contributed by atoms with Crippen LogP contribution in [-0.2, 0) is 13.1 Å². The molecular formula is C19H24N4O2. The van der Waals surface area contributed by atoms with Crippen LogP contribution >= 0.6 is 0 Å². The van der Waals surface area contributed by atoms with E-state index in [0.717, 1.165) is 35.2 Å². The number of aromatic nitrogens is 3. The van der Waals surface area contributed by atoms with Crippen LogP contribution in [0.5, 0.6) is 5.75 Å². The van der Waals surface area contributed by atoms with Gasteiger partial charge in [0.05, 0.1) is 12.9 Å². The number of hydrogen-bond acceptors (Lipinski definition) is 4. The summed E-state index contributed by atoms with van der Waals surface area (Å²) in [6.07, 6.45) is 6.50. The lowest BCUT2D eigenvalue weighted by Crippen LogP contribution is -2.33. The Kier molecular flexibility index (Phi) is 5.50. The highest BCUT2D eigenvalue weighted by atomic mass is 16.5. The summed E-state index contributed by atoms with van der Waals surface area (Å²) in [7, 11) is 0. The number of fused-ring (bicyclic) bond motifs is 1. The molecule has 0 saturated carbocycles. The maximum atomic E-state index is 12.3. The molecule has 3 rings (SSSR count). The average molecular weight is 340 g/mol. The van der Waals surface area contributed by atoms with Gasteiger partial charge >= 0.3 is 0 Å². The van der Waals surface area contributed by atoms with Gasteiger partial charge in [0.1, 0.15) is 5.75 Å². The summed E-state index contributed by atoms with van der Waals surface area (Å²) >= 11 is 0. The number of pyridine rings is 1. The van der Waals surface area contributed by atoms with Gasteiger partial charge in [0.15, 0.2) is 0 Å². The molecule has 6 nitrogen and oxygen atoms in total. The minimum absolute atomic E-state index is 0.0540. The molecule has 0 amide bonds. The van der Waals surface area contributed by atoms with E-state index in [0.29, 0.717) is 13.2 Å². The Labute approximate surface area is 146 Å². The second-order valence-corrected chi connectivity index (χ2v) is 6.05. The predicted octanol–water partition coefficient (Wildman–Crippen LogP) is 2.69. The molecule has 132 valence electrons. The van der Waals surface area contributed by atoms with E-state index in [1.54, 1.807) is 6.20 Å². The summed E-state index contributed by atoms with van der Waals surface area (Å²) in [6.45, 7) is 6.06. The van der Waals surface area contributed by atoms with Gasteiger partial charge in [-0.2, -0.15) is 0 Å². The Morgan fingerprint density at radius 3 is 2.92 bits per heavy atom. The summed E-state index contributed by atoms with van der Waals surface area (Å²) in [6, 6.07) is 7.93. The van der Waals surface area contributed by atoms with Crippen LogP contribution in [0.4, 0.5) is 0 Å². The van der Waals surface area contributed by atoms with Crippen molar-refractivity contribution < 1.29 is 4.74 Å².